The van der Waals surface area contributed by atoms with Gasteiger partial charge in [-0.3, -0.25) is 14.8 Å². The van der Waals surface area contributed by atoms with E-state index >= 15 is 0 Å². The monoisotopic (exact) mass is 316 g/mol. The SMILES string of the molecule is Cn1cc2cc(NCc3ccc(Cl)cc3[N+](=O)[O-])ccc2n1. The lowest BCUT2D eigenvalue weighted by Crippen LogP contribution is -2.03. The molecule has 3 rings (SSSR count). The zero-order valence-corrected chi connectivity index (χ0v) is 12.5. The van der Waals surface area contributed by atoms with Gasteiger partial charge in [0, 0.05) is 47.5 Å². The Morgan fingerprint density at radius 3 is 2.91 bits per heavy atom. The summed E-state index contributed by atoms with van der Waals surface area (Å²) in [6.45, 7) is 0.346. The fourth-order valence-corrected chi connectivity index (χ4v) is 2.48. The molecule has 0 atom stereocenters. The number of nitro benzene ring substituents is 1. The van der Waals surface area contributed by atoms with E-state index in [0.717, 1.165) is 16.6 Å². The highest BCUT2D eigenvalue weighted by atomic mass is 35.5. The number of nitrogens with zero attached hydrogens (tertiary/aromatic N) is 3. The third kappa shape index (κ3) is 2.87. The molecule has 0 amide bonds. The molecule has 0 fully saturated rings. The van der Waals surface area contributed by atoms with Crippen LogP contribution in [0, 0.1) is 10.1 Å². The number of aryl methyl sites for hydroxylation is 1. The molecule has 6 nitrogen and oxygen atoms in total. The van der Waals surface area contributed by atoms with Crippen molar-refractivity contribution in [3.8, 4) is 0 Å². The Labute approximate surface area is 131 Å². The van der Waals surface area contributed by atoms with Crippen LogP contribution in [0.15, 0.2) is 42.6 Å². The minimum Gasteiger partial charge on any atom is -0.381 e. The molecule has 0 aliphatic rings. The first-order valence-corrected chi connectivity index (χ1v) is 7.01. The number of fused-ring (bicyclic) bond motifs is 1. The van der Waals surface area contributed by atoms with E-state index in [4.69, 9.17) is 11.6 Å². The minimum atomic E-state index is -0.423. The number of rotatable bonds is 4. The number of hydrogen-bond donors (Lipinski definition) is 1. The van der Waals surface area contributed by atoms with Gasteiger partial charge in [0.1, 0.15) is 0 Å². The molecule has 0 bridgehead atoms. The van der Waals surface area contributed by atoms with Gasteiger partial charge in [0.2, 0.25) is 0 Å². The van der Waals surface area contributed by atoms with Crippen LogP contribution in [0.25, 0.3) is 10.9 Å². The second-order valence-corrected chi connectivity index (χ2v) is 5.40. The highest BCUT2D eigenvalue weighted by Gasteiger charge is 2.14. The molecule has 0 spiro atoms. The molecule has 1 aromatic heterocycles. The summed E-state index contributed by atoms with van der Waals surface area (Å²) < 4.78 is 1.75. The average molecular weight is 317 g/mol. The number of benzene rings is 2. The standard InChI is InChI=1S/C15H13ClN4O2/c1-19-9-11-6-13(4-5-14(11)18-19)17-8-10-2-3-12(16)7-15(10)20(21)22/h2-7,9,17H,8H2,1H3. The number of anilines is 1. The Morgan fingerprint density at radius 2 is 2.14 bits per heavy atom. The summed E-state index contributed by atoms with van der Waals surface area (Å²) >= 11 is 5.81. The summed E-state index contributed by atoms with van der Waals surface area (Å²) in [5.41, 5.74) is 2.39. The molecule has 0 radical (unpaired) electrons. The minimum absolute atomic E-state index is 0.0162. The largest absolute Gasteiger partial charge is 0.381 e. The summed E-state index contributed by atoms with van der Waals surface area (Å²) in [7, 11) is 1.87. The summed E-state index contributed by atoms with van der Waals surface area (Å²) in [4.78, 5) is 10.6. The Bertz CT molecular complexity index is 860. The first-order valence-electron chi connectivity index (χ1n) is 6.63. The van der Waals surface area contributed by atoms with Gasteiger partial charge in [-0.15, -0.1) is 0 Å². The lowest BCUT2D eigenvalue weighted by molar-refractivity contribution is -0.385. The van der Waals surface area contributed by atoms with Crippen LogP contribution >= 0.6 is 11.6 Å². The predicted molar refractivity (Wildman–Crippen MR) is 86.1 cm³/mol. The quantitative estimate of drug-likeness (QED) is 0.587. The molecule has 0 unspecified atom stereocenters. The zero-order valence-electron chi connectivity index (χ0n) is 11.8. The van der Waals surface area contributed by atoms with E-state index in [9.17, 15) is 10.1 Å². The van der Waals surface area contributed by atoms with Crippen LogP contribution in [0.4, 0.5) is 11.4 Å². The maximum Gasteiger partial charge on any atom is 0.275 e. The molecule has 0 saturated heterocycles. The van der Waals surface area contributed by atoms with Crippen LogP contribution in [-0.4, -0.2) is 14.7 Å². The van der Waals surface area contributed by atoms with E-state index in [2.05, 4.69) is 10.4 Å². The van der Waals surface area contributed by atoms with Crippen molar-refractivity contribution >= 4 is 33.9 Å². The van der Waals surface area contributed by atoms with Crippen molar-refractivity contribution < 1.29 is 4.92 Å². The van der Waals surface area contributed by atoms with Crippen molar-refractivity contribution in [1.82, 2.24) is 9.78 Å². The van der Waals surface area contributed by atoms with E-state index in [1.54, 1.807) is 16.8 Å². The van der Waals surface area contributed by atoms with E-state index in [1.165, 1.54) is 6.07 Å². The Kier molecular flexibility index (Phi) is 3.68. The predicted octanol–water partition coefficient (Wildman–Crippen LogP) is 3.75. The van der Waals surface area contributed by atoms with E-state index in [-0.39, 0.29) is 5.69 Å². The van der Waals surface area contributed by atoms with Crippen LogP contribution in [0.5, 0.6) is 0 Å². The summed E-state index contributed by atoms with van der Waals surface area (Å²) in [6.07, 6.45) is 1.92. The zero-order chi connectivity index (χ0) is 15.7. The highest BCUT2D eigenvalue weighted by molar-refractivity contribution is 6.30. The van der Waals surface area contributed by atoms with Gasteiger partial charge in [0.25, 0.3) is 5.69 Å². The van der Waals surface area contributed by atoms with Crippen molar-refractivity contribution in [1.29, 1.82) is 0 Å². The molecular weight excluding hydrogens is 304 g/mol. The fraction of sp³-hybridized carbons (Fsp3) is 0.133. The third-order valence-electron chi connectivity index (χ3n) is 3.35. The van der Waals surface area contributed by atoms with Crippen molar-refractivity contribution in [3.63, 3.8) is 0 Å². The van der Waals surface area contributed by atoms with Crippen LogP contribution in [0.2, 0.25) is 5.02 Å². The second-order valence-electron chi connectivity index (χ2n) is 4.96. The van der Waals surface area contributed by atoms with E-state index in [1.807, 2.05) is 31.4 Å². The van der Waals surface area contributed by atoms with Gasteiger partial charge in [-0.2, -0.15) is 5.10 Å². The highest BCUT2D eigenvalue weighted by Crippen LogP contribution is 2.25. The number of aromatic nitrogens is 2. The second kappa shape index (κ2) is 5.65. The Balaban J connectivity index is 1.83. The van der Waals surface area contributed by atoms with Crippen LogP contribution in [0.3, 0.4) is 0 Å². The smallest absolute Gasteiger partial charge is 0.275 e. The molecule has 112 valence electrons. The molecule has 3 aromatic rings. The number of nitro groups is 1. The summed E-state index contributed by atoms with van der Waals surface area (Å²) in [6, 6.07) is 10.4. The van der Waals surface area contributed by atoms with Crippen molar-refractivity contribution in [2.45, 2.75) is 6.54 Å². The van der Waals surface area contributed by atoms with Gasteiger partial charge in [0.05, 0.1) is 10.4 Å². The molecule has 7 heteroatoms. The van der Waals surface area contributed by atoms with Gasteiger partial charge in [-0.1, -0.05) is 11.6 Å². The molecule has 22 heavy (non-hydrogen) atoms. The molecule has 2 aromatic carbocycles. The van der Waals surface area contributed by atoms with Crippen LogP contribution in [0.1, 0.15) is 5.56 Å². The molecule has 0 aliphatic heterocycles. The van der Waals surface area contributed by atoms with E-state index < -0.39 is 4.92 Å². The average Bonchev–Trinajstić information content (AvgIpc) is 2.85. The van der Waals surface area contributed by atoms with Gasteiger partial charge in [0.15, 0.2) is 0 Å². The van der Waals surface area contributed by atoms with E-state index in [0.29, 0.717) is 17.1 Å². The van der Waals surface area contributed by atoms with Crippen molar-refractivity contribution in [2.75, 3.05) is 5.32 Å². The fourth-order valence-electron chi connectivity index (χ4n) is 2.31. The molecule has 1 N–H and O–H groups in total. The molecular formula is C15H13ClN4O2. The normalized spacial score (nSPS) is 10.8. The lowest BCUT2D eigenvalue weighted by Gasteiger charge is -2.07. The van der Waals surface area contributed by atoms with Gasteiger partial charge < -0.3 is 5.32 Å². The van der Waals surface area contributed by atoms with Gasteiger partial charge in [-0.25, -0.2) is 0 Å². The van der Waals surface area contributed by atoms with Gasteiger partial charge >= 0.3 is 0 Å². The van der Waals surface area contributed by atoms with Gasteiger partial charge in [-0.05, 0) is 30.3 Å². The topological polar surface area (TPSA) is 73.0 Å². The first-order chi connectivity index (χ1) is 10.5. The van der Waals surface area contributed by atoms with Crippen LogP contribution in [-0.2, 0) is 13.6 Å². The van der Waals surface area contributed by atoms with Crippen molar-refractivity contribution in [2.24, 2.45) is 7.05 Å². The maximum absolute atomic E-state index is 11.1. The maximum atomic E-state index is 11.1. The summed E-state index contributed by atoms with van der Waals surface area (Å²) in [5.74, 6) is 0. The first kappa shape index (κ1) is 14.3. The molecule has 0 saturated carbocycles. The molecule has 1 heterocycles. The van der Waals surface area contributed by atoms with Crippen molar-refractivity contribution in [3.05, 3.63) is 63.3 Å². The van der Waals surface area contributed by atoms with Crippen LogP contribution < -0.4 is 5.32 Å². The number of halogens is 1. The molecule has 0 aliphatic carbocycles. The number of hydrogen-bond acceptors (Lipinski definition) is 4. The lowest BCUT2D eigenvalue weighted by atomic mass is 10.1. The number of nitrogens with one attached hydrogen (secondary N) is 1. The Hall–Kier alpha value is -2.60. The Morgan fingerprint density at radius 1 is 1.32 bits per heavy atom. The third-order valence-corrected chi connectivity index (χ3v) is 3.58. The summed E-state index contributed by atoms with van der Waals surface area (Å²) in [5, 5.41) is 19.9.